The average molecular weight is 235 g/mol. The summed E-state index contributed by atoms with van der Waals surface area (Å²) >= 11 is 6.28. The number of hydrogen-bond donors (Lipinski definition) is 0. The Morgan fingerprint density at radius 2 is 2.25 bits per heavy atom. The van der Waals surface area contributed by atoms with Crippen molar-refractivity contribution in [2.24, 2.45) is 0 Å². The molecule has 0 unspecified atom stereocenters. The lowest BCUT2D eigenvalue weighted by Crippen LogP contribution is -2.02. The number of rotatable bonds is 3. The van der Waals surface area contributed by atoms with E-state index < -0.39 is 0 Å². The van der Waals surface area contributed by atoms with Crippen molar-refractivity contribution in [1.82, 2.24) is 9.55 Å². The van der Waals surface area contributed by atoms with Crippen molar-refractivity contribution in [2.45, 2.75) is 38.6 Å². The summed E-state index contributed by atoms with van der Waals surface area (Å²) in [4.78, 5) is 4.73. The summed E-state index contributed by atoms with van der Waals surface area (Å²) in [6.07, 6.45) is 3.69. The molecule has 1 aliphatic carbocycles. The van der Waals surface area contributed by atoms with Gasteiger partial charge in [-0.3, -0.25) is 0 Å². The molecule has 0 amide bonds. The van der Waals surface area contributed by atoms with Gasteiger partial charge in [0.2, 0.25) is 0 Å². The topological polar surface area (TPSA) is 17.8 Å². The van der Waals surface area contributed by atoms with Gasteiger partial charge in [-0.05, 0) is 31.4 Å². The predicted molar refractivity (Wildman–Crippen MR) is 67.0 cm³/mol. The van der Waals surface area contributed by atoms with Gasteiger partial charge in [0.1, 0.15) is 5.82 Å². The van der Waals surface area contributed by atoms with Crippen LogP contribution in [0.5, 0.6) is 0 Å². The number of halogens is 1. The lowest BCUT2D eigenvalue weighted by atomic mass is 10.3. The second-order valence-electron chi connectivity index (χ2n) is 4.50. The molecule has 0 N–H and O–H groups in total. The SMILES string of the molecule is CCCn1c(C2CC2)nc2cccc(Cl)c21. The van der Waals surface area contributed by atoms with E-state index in [1.54, 1.807) is 0 Å². The van der Waals surface area contributed by atoms with E-state index in [9.17, 15) is 0 Å². The van der Waals surface area contributed by atoms with Gasteiger partial charge in [-0.15, -0.1) is 0 Å². The molecule has 1 saturated carbocycles. The van der Waals surface area contributed by atoms with Crippen LogP contribution in [-0.4, -0.2) is 9.55 Å². The Hall–Kier alpha value is -1.02. The first-order valence-electron chi connectivity index (χ1n) is 5.96. The van der Waals surface area contributed by atoms with Crippen LogP contribution in [0.4, 0.5) is 0 Å². The van der Waals surface area contributed by atoms with Gasteiger partial charge in [0.15, 0.2) is 0 Å². The lowest BCUT2D eigenvalue weighted by molar-refractivity contribution is 0.656. The minimum Gasteiger partial charge on any atom is -0.327 e. The van der Waals surface area contributed by atoms with Gasteiger partial charge in [0.05, 0.1) is 16.1 Å². The summed E-state index contributed by atoms with van der Waals surface area (Å²) in [7, 11) is 0. The zero-order valence-electron chi connectivity index (χ0n) is 9.41. The highest BCUT2D eigenvalue weighted by atomic mass is 35.5. The molecule has 0 atom stereocenters. The van der Waals surface area contributed by atoms with Crippen LogP contribution >= 0.6 is 11.6 Å². The highest BCUT2D eigenvalue weighted by Crippen LogP contribution is 2.41. The second-order valence-corrected chi connectivity index (χ2v) is 4.91. The molecule has 1 fully saturated rings. The van der Waals surface area contributed by atoms with Gasteiger partial charge in [-0.2, -0.15) is 0 Å². The maximum Gasteiger partial charge on any atom is 0.113 e. The summed E-state index contributed by atoms with van der Waals surface area (Å²) in [6, 6.07) is 5.98. The summed E-state index contributed by atoms with van der Waals surface area (Å²) in [5.41, 5.74) is 2.16. The molecule has 1 aliphatic rings. The van der Waals surface area contributed by atoms with Crippen molar-refractivity contribution >= 4 is 22.6 Å². The van der Waals surface area contributed by atoms with Crippen LogP contribution in [-0.2, 0) is 6.54 Å². The molecular weight excluding hydrogens is 220 g/mol. The smallest absolute Gasteiger partial charge is 0.113 e. The third kappa shape index (κ3) is 1.52. The second kappa shape index (κ2) is 3.77. The highest BCUT2D eigenvalue weighted by Gasteiger charge is 2.29. The molecule has 2 nitrogen and oxygen atoms in total. The normalized spacial score (nSPS) is 15.9. The number of aryl methyl sites for hydroxylation is 1. The van der Waals surface area contributed by atoms with E-state index in [1.807, 2.05) is 12.1 Å². The Bertz CT molecular complexity index is 526. The van der Waals surface area contributed by atoms with Gasteiger partial charge in [0, 0.05) is 12.5 Å². The van der Waals surface area contributed by atoms with E-state index in [0.717, 1.165) is 29.0 Å². The van der Waals surface area contributed by atoms with Crippen LogP contribution in [0.2, 0.25) is 5.02 Å². The van der Waals surface area contributed by atoms with E-state index in [0.29, 0.717) is 5.92 Å². The third-order valence-corrected chi connectivity index (χ3v) is 3.44. The maximum absolute atomic E-state index is 6.28. The number of fused-ring (bicyclic) bond motifs is 1. The fourth-order valence-corrected chi connectivity index (χ4v) is 2.53. The zero-order valence-corrected chi connectivity index (χ0v) is 10.2. The summed E-state index contributed by atoms with van der Waals surface area (Å²) < 4.78 is 2.31. The molecule has 0 bridgehead atoms. The highest BCUT2D eigenvalue weighted by molar-refractivity contribution is 6.35. The number of benzene rings is 1. The van der Waals surface area contributed by atoms with E-state index in [-0.39, 0.29) is 0 Å². The van der Waals surface area contributed by atoms with E-state index >= 15 is 0 Å². The lowest BCUT2D eigenvalue weighted by Gasteiger charge is -2.07. The van der Waals surface area contributed by atoms with Crippen LogP contribution in [0.3, 0.4) is 0 Å². The molecule has 3 heteroatoms. The third-order valence-electron chi connectivity index (χ3n) is 3.14. The van der Waals surface area contributed by atoms with Gasteiger partial charge in [-0.25, -0.2) is 4.98 Å². The number of nitrogens with zero attached hydrogens (tertiary/aromatic N) is 2. The Labute approximate surface area is 100 Å². The number of hydrogen-bond acceptors (Lipinski definition) is 1. The average Bonchev–Trinajstić information content (AvgIpc) is 3.04. The summed E-state index contributed by atoms with van der Waals surface area (Å²) in [6.45, 7) is 3.21. The minimum atomic E-state index is 0.676. The van der Waals surface area contributed by atoms with E-state index in [2.05, 4.69) is 17.6 Å². The molecule has 2 aromatic rings. The van der Waals surface area contributed by atoms with Crippen LogP contribution in [0, 0.1) is 0 Å². The number of aromatic nitrogens is 2. The zero-order chi connectivity index (χ0) is 11.1. The molecule has 1 heterocycles. The number of para-hydroxylation sites is 1. The predicted octanol–water partition coefficient (Wildman–Crippen LogP) is 3.98. The standard InChI is InChI=1S/C13H15ClN2/c1-2-8-16-12-10(14)4-3-5-11(12)15-13(16)9-6-7-9/h3-5,9H,2,6-8H2,1H3. The molecule has 1 aromatic carbocycles. The van der Waals surface area contributed by atoms with E-state index in [1.165, 1.54) is 18.7 Å². The molecule has 84 valence electrons. The number of imidazole rings is 1. The van der Waals surface area contributed by atoms with Crippen LogP contribution in [0.1, 0.15) is 37.9 Å². The fraction of sp³-hybridized carbons (Fsp3) is 0.462. The molecular formula is C13H15ClN2. The molecule has 16 heavy (non-hydrogen) atoms. The van der Waals surface area contributed by atoms with Crippen LogP contribution in [0.15, 0.2) is 18.2 Å². The largest absolute Gasteiger partial charge is 0.327 e. The van der Waals surface area contributed by atoms with Crippen molar-refractivity contribution in [3.63, 3.8) is 0 Å². The Kier molecular flexibility index (Phi) is 2.40. The van der Waals surface area contributed by atoms with Gasteiger partial charge in [0.25, 0.3) is 0 Å². The first-order valence-corrected chi connectivity index (χ1v) is 6.33. The Balaban J connectivity index is 2.25. The minimum absolute atomic E-state index is 0.676. The van der Waals surface area contributed by atoms with E-state index in [4.69, 9.17) is 16.6 Å². The maximum atomic E-state index is 6.28. The van der Waals surface area contributed by atoms with Crippen molar-refractivity contribution in [3.05, 3.63) is 29.0 Å². The van der Waals surface area contributed by atoms with Crippen LogP contribution in [0.25, 0.3) is 11.0 Å². The molecule has 0 saturated heterocycles. The fourth-order valence-electron chi connectivity index (χ4n) is 2.26. The molecule has 0 radical (unpaired) electrons. The van der Waals surface area contributed by atoms with Crippen molar-refractivity contribution in [1.29, 1.82) is 0 Å². The molecule has 0 aliphatic heterocycles. The van der Waals surface area contributed by atoms with Crippen molar-refractivity contribution in [3.8, 4) is 0 Å². The summed E-state index contributed by atoms with van der Waals surface area (Å²) in [5.74, 6) is 1.92. The van der Waals surface area contributed by atoms with Gasteiger partial charge in [-0.1, -0.05) is 24.6 Å². The molecule has 0 spiro atoms. The Morgan fingerprint density at radius 1 is 1.44 bits per heavy atom. The van der Waals surface area contributed by atoms with Crippen molar-refractivity contribution < 1.29 is 0 Å². The quantitative estimate of drug-likeness (QED) is 0.786. The van der Waals surface area contributed by atoms with Crippen LogP contribution < -0.4 is 0 Å². The first-order chi connectivity index (χ1) is 7.81. The van der Waals surface area contributed by atoms with Gasteiger partial charge >= 0.3 is 0 Å². The first kappa shape index (κ1) is 10.2. The summed E-state index contributed by atoms with van der Waals surface area (Å²) in [5, 5.41) is 0.824. The Morgan fingerprint density at radius 3 is 2.94 bits per heavy atom. The molecule has 3 rings (SSSR count). The van der Waals surface area contributed by atoms with Gasteiger partial charge < -0.3 is 4.57 Å². The van der Waals surface area contributed by atoms with Crippen molar-refractivity contribution in [2.75, 3.05) is 0 Å². The molecule has 1 aromatic heterocycles. The monoisotopic (exact) mass is 234 g/mol.